The van der Waals surface area contributed by atoms with Gasteiger partial charge in [0.1, 0.15) is 0 Å². The third-order valence-electron chi connectivity index (χ3n) is 3.09. The van der Waals surface area contributed by atoms with E-state index in [1.807, 2.05) is 0 Å². The fraction of sp³-hybridized carbons (Fsp3) is 0.133. The van der Waals surface area contributed by atoms with Gasteiger partial charge in [0.15, 0.2) is 11.5 Å². The standard InChI is InChI=1S/C15H16N2O5S/c1-21-13-5-3-4-12(14(13)22-2)15(18)17-10-6-8-11(9-7-10)23(16,19)20/h3-9H,1-2H3,(H,17,18)(H2,16,19,20). The molecule has 3 N–H and O–H groups in total. The van der Waals surface area contributed by atoms with Crippen LogP contribution in [0.5, 0.6) is 11.5 Å². The van der Waals surface area contributed by atoms with Gasteiger partial charge in [-0.2, -0.15) is 0 Å². The Bertz CT molecular complexity index is 816. The highest BCUT2D eigenvalue weighted by Crippen LogP contribution is 2.31. The lowest BCUT2D eigenvalue weighted by molar-refractivity contribution is 0.102. The molecule has 122 valence electrons. The van der Waals surface area contributed by atoms with Crippen molar-refractivity contribution in [1.29, 1.82) is 0 Å². The first-order chi connectivity index (χ1) is 10.9. The SMILES string of the molecule is COc1cccc(C(=O)Nc2ccc(S(N)(=O)=O)cc2)c1OC. The summed E-state index contributed by atoms with van der Waals surface area (Å²) in [6.45, 7) is 0. The number of carbonyl (C=O) groups excluding carboxylic acids is 1. The molecule has 0 heterocycles. The van der Waals surface area contributed by atoms with Gasteiger partial charge in [-0.05, 0) is 36.4 Å². The minimum atomic E-state index is -3.77. The highest BCUT2D eigenvalue weighted by molar-refractivity contribution is 7.89. The zero-order chi connectivity index (χ0) is 17.0. The number of hydrogen-bond acceptors (Lipinski definition) is 5. The zero-order valence-corrected chi connectivity index (χ0v) is 13.4. The number of benzene rings is 2. The van der Waals surface area contributed by atoms with Gasteiger partial charge in [-0.25, -0.2) is 13.6 Å². The van der Waals surface area contributed by atoms with Crippen molar-refractivity contribution in [2.24, 2.45) is 5.14 Å². The van der Waals surface area contributed by atoms with Crippen molar-refractivity contribution in [1.82, 2.24) is 0 Å². The fourth-order valence-electron chi connectivity index (χ4n) is 1.99. The van der Waals surface area contributed by atoms with E-state index in [0.717, 1.165) is 0 Å². The zero-order valence-electron chi connectivity index (χ0n) is 12.6. The maximum Gasteiger partial charge on any atom is 0.259 e. The molecule has 0 fully saturated rings. The number of sulfonamides is 1. The molecule has 0 aliphatic heterocycles. The van der Waals surface area contributed by atoms with Crippen molar-refractivity contribution in [3.05, 3.63) is 48.0 Å². The van der Waals surface area contributed by atoms with Gasteiger partial charge in [-0.3, -0.25) is 4.79 Å². The summed E-state index contributed by atoms with van der Waals surface area (Å²) in [6.07, 6.45) is 0. The summed E-state index contributed by atoms with van der Waals surface area (Å²) < 4.78 is 32.8. The van der Waals surface area contributed by atoms with E-state index in [2.05, 4.69) is 5.32 Å². The van der Waals surface area contributed by atoms with Gasteiger partial charge in [0.25, 0.3) is 5.91 Å². The monoisotopic (exact) mass is 336 g/mol. The lowest BCUT2D eigenvalue weighted by Crippen LogP contribution is -2.14. The second-order valence-electron chi connectivity index (χ2n) is 4.56. The molecule has 0 spiro atoms. The quantitative estimate of drug-likeness (QED) is 0.862. The lowest BCUT2D eigenvalue weighted by atomic mass is 10.1. The van der Waals surface area contributed by atoms with Crippen LogP contribution in [-0.4, -0.2) is 28.5 Å². The third kappa shape index (κ3) is 3.79. The maximum atomic E-state index is 12.4. The van der Waals surface area contributed by atoms with Crippen LogP contribution < -0.4 is 19.9 Å². The van der Waals surface area contributed by atoms with Crippen molar-refractivity contribution in [3.63, 3.8) is 0 Å². The fourth-order valence-corrected chi connectivity index (χ4v) is 2.51. The van der Waals surface area contributed by atoms with Gasteiger partial charge in [0, 0.05) is 5.69 Å². The Labute approximate surface area is 134 Å². The highest BCUT2D eigenvalue weighted by Gasteiger charge is 2.16. The van der Waals surface area contributed by atoms with Gasteiger partial charge in [-0.1, -0.05) is 6.07 Å². The molecule has 2 rings (SSSR count). The van der Waals surface area contributed by atoms with E-state index in [1.165, 1.54) is 38.5 Å². The largest absolute Gasteiger partial charge is 0.493 e. The number of nitrogens with two attached hydrogens (primary N) is 1. The van der Waals surface area contributed by atoms with Gasteiger partial charge in [0.2, 0.25) is 10.0 Å². The molecule has 0 bridgehead atoms. The number of amides is 1. The first-order valence-electron chi connectivity index (χ1n) is 6.52. The van der Waals surface area contributed by atoms with Crippen LogP contribution in [0.15, 0.2) is 47.4 Å². The van der Waals surface area contributed by atoms with Crippen molar-refractivity contribution in [3.8, 4) is 11.5 Å². The van der Waals surface area contributed by atoms with Crippen LogP contribution in [0, 0.1) is 0 Å². The molecule has 0 saturated carbocycles. The number of hydrogen-bond donors (Lipinski definition) is 2. The predicted molar refractivity (Wildman–Crippen MR) is 85.3 cm³/mol. The Balaban J connectivity index is 2.26. The Morgan fingerprint density at radius 1 is 1.04 bits per heavy atom. The Kier molecular flexibility index (Phi) is 4.87. The lowest BCUT2D eigenvalue weighted by Gasteiger charge is -2.12. The van der Waals surface area contributed by atoms with E-state index >= 15 is 0 Å². The number of nitrogens with one attached hydrogen (secondary N) is 1. The first kappa shape index (κ1) is 16.8. The molecule has 0 atom stereocenters. The number of ether oxygens (including phenoxy) is 2. The van der Waals surface area contributed by atoms with Gasteiger partial charge < -0.3 is 14.8 Å². The molecule has 7 nitrogen and oxygen atoms in total. The van der Waals surface area contributed by atoms with Crippen LogP contribution in [0.1, 0.15) is 10.4 Å². The summed E-state index contributed by atoms with van der Waals surface area (Å²) in [5.41, 5.74) is 0.717. The smallest absolute Gasteiger partial charge is 0.259 e. The van der Waals surface area contributed by atoms with Crippen LogP contribution in [-0.2, 0) is 10.0 Å². The number of anilines is 1. The van der Waals surface area contributed by atoms with E-state index in [4.69, 9.17) is 14.6 Å². The van der Waals surface area contributed by atoms with Gasteiger partial charge in [0.05, 0.1) is 24.7 Å². The summed E-state index contributed by atoms with van der Waals surface area (Å²) in [5, 5.41) is 7.68. The van der Waals surface area contributed by atoms with Crippen LogP contribution in [0.25, 0.3) is 0 Å². The van der Waals surface area contributed by atoms with E-state index in [1.54, 1.807) is 18.2 Å². The van der Waals surface area contributed by atoms with Crippen LogP contribution >= 0.6 is 0 Å². The normalized spacial score (nSPS) is 10.9. The van der Waals surface area contributed by atoms with Crippen LogP contribution in [0.4, 0.5) is 5.69 Å². The van der Waals surface area contributed by atoms with E-state index in [9.17, 15) is 13.2 Å². The van der Waals surface area contributed by atoms with Gasteiger partial charge in [-0.15, -0.1) is 0 Å². The van der Waals surface area contributed by atoms with Crippen LogP contribution in [0.2, 0.25) is 0 Å². The average molecular weight is 336 g/mol. The van der Waals surface area contributed by atoms with E-state index in [-0.39, 0.29) is 4.90 Å². The van der Waals surface area contributed by atoms with E-state index < -0.39 is 15.9 Å². The highest BCUT2D eigenvalue weighted by atomic mass is 32.2. The molecule has 0 saturated heterocycles. The molecular weight excluding hydrogens is 320 g/mol. The minimum absolute atomic E-state index is 0.0329. The molecular formula is C15H16N2O5S. The van der Waals surface area contributed by atoms with E-state index in [0.29, 0.717) is 22.7 Å². The maximum absolute atomic E-state index is 12.4. The van der Waals surface area contributed by atoms with Crippen molar-refractivity contribution < 1.29 is 22.7 Å². The Morgan fingerprint density at radius 2 is 1.70 bits per heavy atom. The summed E-state index contributed by atoms with van der Waals surface area (Å²) in [7, 11) is -0.851. The molecule has 8 heteroatoms. The topological polar surface area (TPSA) is 108 Å². The van der Waals surface area contributed by atoms with Crippen molar-refractivity contribution >= 4 is 21.6 Å². The molecule has 2 aromatic rings. The molecule has 1 amide bonds. The molecule has 0 unspecified atom stereocenters. The number of methoxy groups -OCH3 is 2. The minimum Gasteiger partial charge on any atom is -0.493 e. The molecule has 0 aliphatic rings. The summed E-state index contributed by atoms with van der Waals surface area (Å²) in [5.74, 6) is 0.336. The van der Waals surface area contributed by atoms with Crippen LogP contribution in [0.3, 0.4) is 0 Å². The molecule has 2 aromatic carbocycles. The summed E-state index contributed by atoms with van der Waals surface area (Å²) >= 11 is 0. The number of para-hydroxylation sites is 1. The summed E-state index contributed by atoms with van der Waals surface area (Å²) in [4.78, 5) is 12.3. The number of primary sulfonamides is 1. The average Bonchev–Trinajstić information content (AvgIpc) is 2.53. The summed E-state index contributed by atoms with van der Waals surface area (Å²) in [6, 6.07) is 10.5. The molecule has 0 aromatic heterocycles. The van der Waals surface area contributed by atoms with Gasteiger partial charge >= 0.3 is 0 Å². The van der Waals surface area contributed by atoms with Crippen molar-refractivity contribution in [2.75, 3.05) is 19.5 Å². The molecule has 0 radical (unpaired) electrons. The number of carbonyl (C=O) groups is 1. The Hall–Kier alpha value is -2.58. The Morgan fingerprint density at radius 3 is 2.22 bits per heavy atom. The second kappa shape index (κ2) is 6.67. The number of rotatable bonds is 5. The second-order valence-corrected chi connectivity index (χ2v) is 6.13. The third-order valence-corrected chi connectivity index (χ3v) is 4.02. The molecule has 23 heavy (non-hydrogen) atoms. The molecule has 0 aliphatic carbocycles. The predicted octanol–water partition coefficient (Wildman–Crippen LogP) is 1.60. The first-order valence-corrected chi connectivity index (χ1v) is 8.06. The van der Waals surface area contributed by atoms with Crippen molar-refractivity contribution in [2.45, 2.75) is 4.90 Å².